The fourth-order valence-electron chi connectivity index (χ4n) is 3.14. The summed E-state index contributed by atoms with van der Waals surface area (Å²) >= 11 is 0. The smallest absolute Gasteiger partial charge is 0.423 e. The van der Waals surface area contributed by atoms with Crippen LogP contribution in [0.1, 0.15) is 17.2 Å². The van der Waals surface area contributed by atoms with Gasteiger partial charge < -0.3 is 13.9 Å². The largest absolute Gasteiger partial charge is 0.467 e. The zero-order valence-corrected chi connectivity index (χ0v) is 17.9. The van der Waals surface area contributed by atoms with Gasteiger partial charge in [-0.3, -0.25) is 4.57 Å². The number of aliphatic imine (C=N–C) groups is 1. The topological polar surface area (TPSA) is 117 Å². The van der Waals surface area contributed by atoms with Crippen molar-refractivity contribution in [3.8, 4) is 0 Å². The first-order valence-corrected chi connectivity index (χ1v) is 9.49. The number of hydrogen-bond donors (Lipinski definition) is 0. The molecule has 164 valence electrons. The number of aryl methyl sites for hydroxylation is 2. The third-order valence-electron chi connectivity index (χ3n) is 4.78. The number of hydrogen-bond acceptors (Lipinski definition) is 8. The van der Waals surface area contributed by atoms with Gasteiger partial charge >= 0.3 is 23.3 Å². The number of carbonyl (C=O) groups is 2. The lowest BCUT2D eigenvalue weighted by atomic mass is 10.1. The lowest BCUT2D eigenvalue weighted by Crippen LogP contribution is -2.36. The van der Waals surface area contributed by atoms with Crippen LogP contribution in [0.2, 0.25) is 0 Å². The second-order valence-corrected chi connectivity index (χ2v) is 6.89. The predicted molar refractivity (Wildman–Crippen MR) is 116 cm³/mol. The molecule has 1 aromatic heterocycles. The molecular weight excluding hydrogens is 416 g/mol. The normalized spacial score (nSPS) is 11.4. The quantitative estimate of drug-likeness (QED) is 0.342. The van der Waals surface area contributed by atoms with E-state index in [1.807, 2.05) is 26.0 Å². The highest BCUT2D eigenvalue weighted by Crippen LogP contribution is 2.23. The van der Waals surface area contributed by atoms with E-state index in [-0.39, 0.29) is 10.9 Å². The molecule has 9 nitrogen and oxygen atoms in total. The summed E-state index contributed by atoms with van der Waals surface area (Å²) in [5.41, 5.74) is 1.02. The van der Waals surface area contributed by atoms with E-state index in [9.17, 15) is 19.2 Å². The standard InChI is InChI=1S/C23H20N2O7/c1-13-9-10-14(2)17(11-13)24-12-16(20(26)30-3)19(22(28)31-4)25-18-8-6-5-7-15(18)21(27)32-23(25)29/h5-11,19H,1-4H3. The Morgan fingerprint density at radius 1 is 1.06 bits per heavy atom. The highest BCUT2D eigenvalue weighted by Gasteiger charge is 2.35. The van der Waals surface area contributed by atoms with Gasteiger partial charge in [-0.25, -0.2) is 24.2 Å². The number of para-hydroxylation sites is 1. The van der Waals surface area contributed by atoms with E-state index in [1.165, 1.54) is 12.1 Å². The first-order chi connectivity index (χ1) is 15.3. The Labute approximate surface area is 182 Å². The Balaban J connectivity index is 2.38. The minimum Gasteiger partial charge on any atom is -0.467 e. The molecule has 0 spiro atoms. The minimum atomic E-state index is -1.66. The van der Waals surface area contributed by atoms with Crippen molar-refractivity contribution in [1.82, 2.24) is 4.57 Å². The molecule has 1 atom stereocenters. The van der Waals surface area contributed by atoms with E-state index >= 15 is 0 Å². The summed E-state index contributed by atoms with van der Waals surface area (Å²) in [6, 6.07) is 9.86. The number of aromatic nitrogens is 1. The summed E-state index contributed by atoms with van der Waals surface area (Å²) in [6.45, 7) is 3.69. The van der Waals surface area contributed by atoms with Crippen molar-refractivity contribution < 1.29 is 23.5 Å². The maximum Gasteiger partial charge on any atom is 0.423 e. The third kappa shape index (κ3) is 4.28. The summed E-state index contributed by atoms with van der Waals surface area (Å²) in [4.78, 5) is 54.4. The van der Waals surface area contributed by atoms with Crippen LogP contribution in [0.4, 0.5) is 5.69 Å². The van der Waals surface area contributed by atoms with Gasteiger partial charge in [0.15, 0.2) is 6.04 Å². The first-order valence-electron chi connectivity index (χ1n) is 9.49. The summed E-state index contributed by atoms with van der Waals surface area (Å²) in [5, 5.41) is 0.0386. The van der Waals surface area contributed by atoms with E-state index in [2.05, 4.69) is 10.9 Å². The maximum atomic E-state index is 12.8. The van der Waals surface area contributed by atoms with Crippen LogP contribution in [0.25, 0.3) is 10.9 Å². The predicted octanol–water partition coefficient (Wildman–Crippen LogP) is 2.39. The number of fused-ring (bicyclic) bond motifs is 1. The van der Waals surface area contributed by atoms with E-state index < -0.39 is 34.9 Å². The van der Waals surface area contributed by atoms with Crippen LogP contribution in [-0.4, -0.2) is 36.6 Å². The fraction of sp³-hybridized carbons (Fsp3) is 0.217. The van der Waals surface area contributed by atoms with Crippen LogP contribution in [0.5, 0.6) is 0 Å². The molecule has 0 saturated carbocycles. The molecule has 0 saturated heterocycles. The third-order valence-corrected chi connectivity index (χ3v) is 4.78. The Bertz CT molecular complexity index is 1390. The number of rotatable bonds is 5. The molecule has 3 rings (SSSR count). The molecule has 0 aliphatic heterocycles. The maximum absolute atomic E-state index is 12.8. The second-order valence-electron chi connectivity index (χ2n) is 6.89. The SMILES string of the molecule is COC(=O)C(=C=Nc1cc(C)ccc1C)C(C(=O)OC)n1c(=O)oc(=O)c2ccccc21. The Hall–Kier alpha value is -4.23. The van der Waals surface area contributed by atoms with Crippen LogP contribution in [-0.2, 0) is 19.1 Å². The average molecular weight is 436 g/mol. The van der Waals surface area contributed by atoms with E-state index in [0.29, 0.717) is 5.69 Å². The summed E-state index contributed by atoms with van der Waals surface area (Å²) in [7, 11) is 2.21. The molecule has 0 fully saturated rings. The van der Waals surface area contributed by atoms with Crippen molar-refractivity contribution in [3.05, 3.63) is 80.1 Å². The molecule has 0 amide bonds. The van der Waals surface area contributed by atoms with Gasteiger partial charge in [-0.05, 0) is 43.2 Å². The van der Waals surface area contributed by atoms with Crippen molar-refractivity contribution >= 4 is 34.4 Å². The van der Waals surface area contributed by atoms with E-state index in [0.717, 1.165) is 29.9 Å². The Morgan fingerprint density at radius 3 is 2.47 bits per heavy atom. The molecule has 0 aliphatic carbocycles. The molecule has 0 bridgehead atoms. The number of esters is 2. The molecule has 9 heteroatoms. The zero-order chi connectivity index (χ0) is 23.4. The highest BCUT2D eigenvalue weighted by molar-refractivity contribution is 6.05. The summed E-state index contributed by atoms with van der Waals surface area (Å²) in [6.07, 6.45) is 0. The van der Waals surface area contributed by atoms with E-state index in [1.54, 1.807) is 18.2 Å². The van der Waals surface area contributed by atoms with Crippen LogP contribution in [0, 0.1) is 13.8 Å². The molecule has 2 aromatic carbocycles. The molecule has 0 N–H and O–H groups in total. The van der Waals surface area contributed by atoms with Crippen molar-refractivity contribution in [3.63, 3.8) is 0 Å². The minimum absolute atomic E-state index is 0.0386. The van der Waals surface area contributed by atoms with Gasteiger partial charge in [0.05, 0.1) is 30.8 Å². The van der Waals surface area contributed by atoms with Crippen molar-refractivity contribution in [2.24, 2.45) is 4.99 Å². The number of nitrogens with zero attached hydrogens (tertiary/aromatic N) is 2. The number of benzene rings is 2. The molecule has 3 aromatic rings. The van der Waals surface area contributed by atoms with Crippen molar-refractivity contribution in [2.45, 2.75) is 19.9 Å². The van der Waals surface area contributed by atoms with Crippen LogP contribution >= 0.6 is 0 Å². The van der Waals surface area contributed by atoms with Crippen molar-refractivity contribution in [1.29, 1.82) is 0 Å². The molecule has 0 aliphatic rings. The van der Waals surface area contributed by atoms with Crippen molar-refractivity contribution in [2.75, 3.05) is 14.2 Å². The van der Waals surface area contributed by atoms with E-state index in [4.69, 9.17) is 13.9 Å². The summed E-state index contributed by atoms with van der Waals surface area (Å²) in [5.74, 6) is -0.530. The molecule has 0 radical (unpaired) electrons. The Kier molecular flexibility index (Phi) is 6.51. The van der Waals surface area contributed by atoms with Gasteiger partial charge in [0.2, 0.25) is 0 Å². The van der Waals surface area contributed by atoms with Gasteiger partial charge in [-0.2, -0.15) is 0 Å². The second kappa shape index (κ2) is 9.28. The number of carbonyl (C=O) groups excluding carboxylic acids is 2. The molecule has 1 unspecified atom stereocenters. The number of methoxy groups -OCH3 is 2. The first kappa shape index (κ1) is 22.5. The average Bonchev–Trinajstić information content (AvgIpc) is 2.79. The molecule has 32 heavy (non-hydrogen) atoms. The van der Waals surface area contributed by atoms with Crippen LogP contribution in [0.15, 0.2) is 67.0 Å². The fourth-order valence-corrected chi connectivity index (χ4v) is 3.14. The van der Waals surface area contributed by atoms with Gasteiger partial charge in [-0.1, -0.05) is 24.3 Å². The highest BCUT2D eigenvalue weighted by atomic mass is 16.5. The zero-order valence-electron chi connectivity index (χ0n) is 17.9. The van der Waals surface area contributed by atoms with Crippen LogP contribution in [0.3, 0.4) is 0 Å². The Morgan fingerprint density at radius 2 is 1.78 bits per heavy atom. The lowest BCUT2D eigenvalue weighted by Gasteiger charge is -2.18. The molecule has 1 heterocycles. The van der Waals surface area contributed by atoms with Gasteiger partial charge in [0, 0.05) is 5.87 Å². The lowest BCUT2D eigenvalue weighted by molar-refractivity contribution is -0.146. The van der Waals surface area contributed by atoms with Crippen LogP contribution < -0.4 is 11.4 Å². The monoisotopic (exact) mass is 436 g/mol. The van der Waals surface area contributed by atoms with Gasteiger partial charge in [-0.15, -0.1) is 0 Å². The summed E-state index contributed by atoms with van der Waals surface area (Å²) < 4.78 is 15.3. The van der Waals surface area contributed by atoms with Gasteiger partial charge in [0.1, 0.15) is 5.57 Å². The molecular formula is C23H20N2O7. The van der Waals surface area contributed by atoms with Gasteiger partial charge in [0.25, 0.3) is 0 Å². The number of ether oxygens (including phenoxy) is 2.